The quantitative estimate of drug-likeness (QED) is 0.843. The van der Waals surface area contributed by atoms with Gasteiger partial charge in [0, 0.05) is 18.4 Å². The molecule has 2 rings (SSSR count). The lowest BCUT2D eigenvalue weighted by Gasteiger charge is -2.28. The highest BCUT2D eigenvalue weighted by Crippen LogP contribution is 2.27. The van der Waals surface area contributed by atoms with Crippen LogP contribution in [0.4, 0.5) is 11.5 Å². The first-order chi connectivity index (χ1) is 9.90. The van der Waals surface area contributed by atoms with Gasteiger partial charge in [-0.2, -0.15) is 0 Å². The van der Waals surface area contributed by atoms with Gasteiger partial charge < -0.3 is 16.4 Å². The molecule has 1 amide bonds. The molecule has 1 aromatic carbocycles. The predicted octanol–water partition coefficient (Wildman–Crippen LogP) is 2.27. The van der Waals surface area contributed by atoms with Crippen LogP contribution in [0.5, 0.6) is 0 Å². The number of anilines is 2. The van der Waals surface area contributed by atoms with Crippen molar-refractivity contribution in [3.05, 3.63) is 53.2 Å². The van der Waals surface area contributed by atoms with Crippen molar-refractivity contribution in [2.45, 2.75) is 19.9 Å². The van der Waals surface area contributed by atoms with E-state index in [0.29, 0.717) is 17.1 Å². The Hall–Kier alpha value is -2.56. The molecule has 0 aliphatic carbocycles. The highest BCUT2D eigenvalue weighted by molar-refractivity contribution is 5.97. The van der Waals surface area contributed by atoms with Crippen LogP contribution in [0.3, 0.4) is 0 Å². The average Bonchev–Trinajstić information content (AvgIpc) is 2.45. The minimum atomic E-state index is -0.482. The molecule has 0 bridgehead atoms. The molecule has 4 N–H and O–H groups in total. The van der Waals surface area contributed by atoms with Crippen molar-refractivity contribution in [3.8, 4) is 0 Å². The predicted molar refractivity (Wildman–Crippen MR) is 85.2 cm³/mol. The van der Waals surface area contributed by atoms with Crippen LogP contribution in [0.1, 0.15) is 34.6 Å². The molecule has 0 saturated carbocycles. The zero-order valence-electron chi connectivity index (χ0n) is 12.5. The Labute approximate surface area is 124 Å². The van der Waals surface area contributed by atoms with Gasteiger partial charge in [-0.3, -0.25) is 4.79 Å². The molecule has 110 valence electrons. The number of pyridine rings is 1. The highest BCUT2D eigenvalue weighted by atomic mass is 16.1. The van der Waals surface area contributed by atoms with Gasteiger partial charge in [0.2, 0.25) is 0 Å². The zero-order chi connectivity index (χ0) is 15.6. The molecule has 0 aliphatic heterocycles. The van der Waals surface area contributed by atoms with Gasteiger partial charge in [0.25, 0.3) is 5.91 Å². The third-order valence-electron chi connectivity index (χ3n) is 3.59. The minimum absolute atomic E-state index is 0.0147. The average molecular weight is 284 g/mol. The van der Waals surface area contributed by atoms with E-state index in [0.717, 1.165) is 11.3 Å². The monoisotopic (exact) mass is 284 g/mol. The van der Waals surface area contributed by atoms with E-state index in [1.54, 1.807) is 12.1 Å². The van der Waals surface area contributed by atoms with Crippen molar-refractivity contribution in [1.29, 1.82) is 0 Å². The molecule has 0 fully saturated rings. The van der Waals surface area contributed by atoms with Crippen molar-refractivity contribution in [2.24, 2.45) is 5.73 Å². The molecule has 1 aromatic heterocycles. The Morgan fingerprint density at radius 3 is 2.62 bits per heavy atom. The molecule has 21 heavy (non-hydrogen) atoms. The molecule has 5 heteroatoms. The number of aryl methyl sites for hydroxylation is 1. The first kappa shape index (κ1) is 14.8. The lowest BCUT2D eigenvalue weighted by atomic mass is 10.1. The molecule has 1 unspecified atom stereocenters. The van der Waals surface area contributed by atoms with E-state index in [9.17, 15) is 4.79 Å². The zero-order valence-corrected chi connectivity index (χ0v) is 12.5. The number of amides is 1. The summed E-state index contributed by atoms with van der Waals surface area (Å²) in [5, 5.41) is 0. The molecular formula is C16H20N4O. The maximum atomic E-state index is 11.6. The van der Waals surface area contributed by atoms with Crippen LogP contribution in [-0.2, 0) is 0 Å². The lowest BCUT2D eigenvalue weighted by Crippen LogP contribution is -2.26. The molecule has 1 heterocycles. The van der Waals surface area contributed by atoms with E-state index in [-0.39, 0.29) is 6.04 Å². The summed E-state index contributed by atoms with van der Waals surface area (Å²) >= 11 is 0. The number of carbonyl (C=O) groups excluding carboxylic acids is 1. The summed E-state index contributed by atoms with van der Waals surface area (Å²) in [6, 6.07) is 11.2. The van der Waals surface area contributed by atoms with Crippen molar-refractivity contribution >= 4 is 17.4 Å². The number of carbonyl (C=O) groups is 1. The van der Waals surface area contributed by atoms with Gasteiger partial charge in [-0.25, -0.2) is 4.98 Å². The number of hydrogen-bond acceptors (Lipinski definition) is 4. The van der Waals surface area contributed by atoms with E-state index in [1.807, 2.05) is 50.1 Å². The highest BCUT2D eigenvalue weighted by Gasteiger charge is 2.19. The number of rotatable bonds is 4. The summed E-state index contributed by atoms with van der Waals surface area (Å²) in [6.45, 7) is 3.91. The van der Waals surface area contributed by atoms with Crippen molar-refractivity contribution in [1.82, 2.24) is 4.98 Å². The number of nitrogens with zero attached hydrogens (tertiary/aromatic N) is 2. The van der Waals surface area contributed by atoms with Gasteiger partial charge in [0.05, 0.1) is 11.6 Å². The summed E-state index contributed by atoms with van der Waals surface area (Å²) in [6.07, 6.45) is 0. The second-order valence-electron chi connectivity index (χ2n) is 5.15. The summed E-state index contributed by atoms with van der Waals surface area (Å²) in [4.78, 5) is 18.0. The van der Waals surface area contributed by atoms with E-state index < -0.39 is 5.91 Å². The summed E-state index contributed by atoms with van der Waals surface area (Å²) in [7, 11) is 1.89. The Kier molecular flexibility index (Phi) is 4.12. The number of aromatic nitrogens is 1. The van der Waals surface area contributed by atoms with Crippen LogP contribution in [0.15, 0.2) is 36.4 Å². The second kappa shape index (κ2) is 5.83. The van der Waals surface area contributed by atoms with Crippen LogP contribution in [-0.4, -0.2) is 17.9 Å². The van der Waals surface area contributed by atoms with Crippen molar-refractivity contribution < 1.29 is 4.79 Å². The molecule has 0 aliphatic rings. The van der Waals surface area contributed by atoms with Crippen molar-refractivity contribution in [3.63, 3.8) is 0 Å². The molecular weight excluding hydrogens is 264 g/mol. The third-order valence-corrected chi connectivity index (χ3v) is 3.59. The maximum absolute atomic E-state index is 11.6. The van der Waals surface area contributed by atoms with Gasteiger partial charge in [0.15, 0.2) is 0 Å². The summed E-state index contributed by atoms with van der Waals surface area (Å²) < 4.78 is 0. The normalized spacial score (nSPS) is 12.0. The van der Waals surface area contributed by atoms with Crippen LogP contribution in [0, 0.1) is 6.92 Å². The van der Waals surface area contributed by atoms with Crippen LogP contribution in [0.2, 0.25) is 0 Å². The van der Waals surface area contributed by atoms with Gasteiger partial charge in [-0.1, -0.05) is 12.1 Å². The maximum Gasteiger partial charge on any atom is 0.252 e. The van der Waals surface area contributed by atoms with Gasteiger partial charge in [-0.05, 0) is 43.7 Å². The SMILES string of the molecule is Cc1ccc(C(N)=O)c(N(C)C(C)c2cccc(N)c2)n1. The fraction of sp³-hybridized carbons (Fsp3) is 0.250. The molecule has 0 spiro atoms. The second-order valence-corrected chi connectivity index (χ2v) is 5.15. The van der Waals surface area contributed by atoms with Gasteiger partial charge >= 0.3 is 0 Å². The Morgan fingerprint density at radius 1 is 1.29 bits per heavy atom. The molecule has 5 nitrogen and oxygen atoms in total. The topological polar surface area (TPSA) is 85.2 Å². The molecule has 1 atom stereocenters. The largest absolute Gasteiger partial charge is 0.399 e. The first-order valence-corrected chi connectivity index (χ1v) is 6.76. The number of nitrogens with two attached hydrogens (primary N) is 2. The van der Waals surface area contributed by atoms with Gasteiger partial charge in [0.1, 0.15) is 5.82 Å². The lowest BCUT2D eigenvalue weighted by molar-refractivity contribution is 0.100. The van der Waals surface area contributed by atoms with E-state index in [2.05, 4.69) is 4.98 Å². The van der Waals surface area contributed by atoms with Crippen LogP contribution in [0.25, 0.3) is 0 Å². The molecule has 0 saturated heterocycles. The Balaban J connectivity index is 2.41. The number of nitrogen functional groups attached to an aromatic ring is 1. The van der Waals surface area contributed by atoms with Crippen LogP contribution < -0.4 is 16.4 Å². The fourth-order valence-electron chi connectivity index (χ4n) is 2.23. The van der Waals surface area contributed by atoms with Crippen LogP contribution >= 0.6 is 0 Å². The van der Waals surface area contributed by atoms with E-state index >= 15 is 0 Å². The minimum Gasteiger partial charge on any atom is -0.399 e. The number of primary amides is 1. The smallest absolute Gasteiger partial charge is 0.252 e. The number of benzene rings is 1. The van der Waals surface area contributed by atoms with E-state index in [1.165, 1.54) is 0 Å². The Morgan fingerprint density at radius 2 is 2.00 bits per heavy atom. The summed E-state index contributed by atoms with van der Waals surface area (Å²) in [5.74, 6) is 0.0987. The van der Waals surface area contributed by atoms with Gasteiger partial charge in [-0.15, -0.1) is 0 Å². The third kappa shape index (κ3) is 3.13. The van der Waals surface area contributed by atoms with Crippen molar-refractivity contribution in [2.75, 3.05) is 17.7 Å². The molecule has 0 radical (unpaired) electrons. The molecule has 2 aromatic rings. The Bertz CT molecular complexity index is 669. The van der Waals surface area contributed by atoms with E-state index in [4.69, 9.17) is 11.5 Å². The summed E-state index contributed by atoms with van der Waals surface area (Å²) in [5.41, 5.74) is 14.3. The number of hydrogen-bond donors (Lipinski definition) is 2. The first-order valence-electron chi connectivity index (χ1n) is 6.76. The standard InChI is InChI=1S/C16H20N4O/c1-10-7-8-14(15(18)21)16(19-10)20(3)11(2)12-5-4-6-13(17)9-12/h4-9,11H,17H2,1-3H3,(H2,18,21). The fourth-order valence-corrected chi connectivity index (χ4v) is 2.23.